The zero-order valence-corrected chi connectivity index (χ0v) is 15.6. The molecule has 3 aromatic rings. The molecule has 0 saturated carbocycles. The van der Waals surface area contributed by atoms with Crippen LogP contribution in [-0.4, -0.2) is 26.9 Å². The van der Waals surface area contributed by atoms with Crippen molar-refractivity contribution < 1.29 is 22.3 Å². The number of aromatic nitrogens is 3. The first-order valence-electron chi connectivity index (χ1n) is 8.28. The lowest BCUT2D eigenvalue weighted by Gasteiger charge is -2.12. The Bertz CT molecular complexity index is 986. The Kier molecular flexibility index (Phi) is 6.37. The first kappa shape index (κ1) is 20.6. The Morgan fingerprint density at radius 3 is 2.66 bits per heavy atom. The molecule has 3 rings (SSSR count). The van der Waals surface area contributed by atoms with Gasteiger partial charge < -0.3 is 15.2 Å². The van der Waals surface area contributed by atoms with Crippen molar-refractivity contribution in [2.75, 3.05) is 16.2 Å². The van der Waals surface area contributed by atoms with Crippen molar-refractivity contribution in [3.8, 4) is 22.9 Å². The van der Waals surface area contributed by atoms with Crippen LogP contribution >= 0.6 is 11.9 Å². The van der Waals surface area contributed by atoms with Gasteiger partial charge in [0, 0.05) is 24.2 Å². The number of halogens is 4. The average molecular weight is 425 g/mol. The van der Waals surface area contributed by atoms with Crippen LogP contribution in [0, 0.1) is 5.82 Å². The number of nitrogens with zero attached hydrogens (tertiary/aromatic N) is 3. The van der Waals surface area contributed by atoms with Gasteiger partial charge in [0.25, 0.3) is 0 Å². The van der Waals surface area contributed by atoms with Gasteiger partial charge >= 0.3 is 6.18 Å². The molecule has 0 saturated heterocycles. The minimum Gasteiger partial charge on any atom is -0.438 e. The van der Waals surface area contributed by atoms with Crippen LogP contribution < -0.4 is 15.2 Å². The van der Waals surface area contributed by atoms with Gasteiger partial charge in [-0.05, 0) is 30.3 Å². The van der Waals surface area contributed by atoms with Crippen molar-refractivity contribution in [2.45, 2.75) is 12.6 Å². The molecular weight excluding hydrogens is 410 g/mol. The highest BCUT2D eigenvalue weighted by molar-refractivity contribution is 8.00. The average Bonchev–Trinajstić information content (AvgIpc) is 2.66. The van der Waals surface area contributed by atoms with Crippen molar-refractivity contribution in [3.05, 3.63) is 54.6 Å². The number of nitrogens with two attached hydrogens (primary N) is 1. The maximum atomic E-state index is 14.3. The van der Waals surface area contributed by atoms with Gasteiger partial charge in [-0.1, -0.05) is 11.9 Å². The predicted octanol–water partition coefficient (Wildman–Crippen LogP) is 5.06. The second kappa shape index (κ2) is 8.95. The summed E-state index contributed by atoms with van der Waals surface area (Å²) in [6.45, 7) is 0. The number of nitrogens with one attached hydrogen (secondary N) is 1. The molecule has 0 aliphatic carbocycles. The van der Waals surface area contributed by atoms with Crippen molar-refractivity contribution in [1.82, 2.24) is 15.0 Å². The molecule has 2 aromatic heterocycles. The Morgan fingerprint density at radius 1 is 1.10 bits per heavy atom. The number of benzene rings is 1. The molecule has 3 N–H and O–H groups in total. The molecule has 0 aliphatic heterocycles. The van der Waals surface area contributed by atoms with Gasteiger partial charge in [0.05, 0.1) is 23.4 Å². The smallest absolute Gasteiger partial charge is 0.389 e. The summed E-state index contributed by atoms with van der Waals surface area (Å²) in [5, 5.41) is 0. The third-order valence-electron chi connectivity index (χ3n) is 3.55. The first-order valence-corrected chi connectivity index (χ1v) is 9.26. The van der Waals surface area contributed by atoms with Crippen LogP contribution in [0.3, 0.4) is 0 Å². The number of hydrogen-bond donors (Lipinski definition) is 2. The molecular formula is C18H15F4N5OS. The van der Waals surface area contributed by atoms with E-state index in [1.807, 2.05) is 0 Å². The van der Waals surface area contributed by atoms with E-state index in [-0.39, 0.29) is 29.0 Å². The largest absolute Gasteiger partial charge is 0.438 e. The number of nitrogen functional groups attached to an aromatic ring is 1. The molecule has 0 spiro atoms. The highest BCUT2D eigenvalue weighted by atomic mass is 32.2. The molecule has 0 radical (unpaired) electrons. The molecule has 0 bridgehead atoms. The molecule has 0 unspecified atom stereocenters. The molecule has 0 aliphatic rings. The first-order chi connectivity index (χ1) is 13.8. The summed E-state index contributed by atoms with van der Waals surface area (Å²) in [5.41, 5.74) is 6.68. The molecule has 0 amide bonds. The third kappa shape index (κ3) is 5.95. The maximum Gasteiger partial charge on any atom is 0.389 e. The van der Waals surface area contributed by atoms with E-state index < -0.39 is 18.4 Å². The molecule has 0 fully saturated rings. The Morgan fingerprint density at radius 2 is 1.93 bits per heavy atom. The summed E-state index contributed by atoms with van der Waals surface area (Å²) in [5.74, 6) is -0.478. The van der Waals surface area contributed by atoms with Crippen LogP contribution in [0.4, 0.5) is 29.2 Å². The van der Waals surface area contributed by atoms with E-state index in [1.54, 1.807) is 18.2 Å². The van der Waals surface area contributed by atoms with Crippen molar-refractivity contribution >= 4 is 23.6 Å². The molecule has 152 valence electrons. The molecule has 2 heterocycles. The fourth-order valence-electron chi connectivity index (χ4n) is 2.24. The SMILES string of the molecule is Nc1nccc(-c2cccnc2Oc2ccc(NSCCC(F)(F)F)c(F)c2)n1. The number of rotatable bonds is 7. The standard InChI is InChI=1S/C18H15F4N5OS/c19-13-10-11(3-4-15(13)27-29-9-6-18(20,21)22)28-16-12(2-1-7-24-16)14-5-8-25-17(23)26-14/h1-5,7-8,10,27H,6,9H2,(H2,23,25,26). The maximum absolute atomic E-state index is 14.3. The number of ether oxygens (including phenoxy) is 1. The summed E-state index contributed by atoms with van der Waals surface area (Å²) in [6, 6.07) is 8.99. The van der Waals surface area contributed by atoms with Crippen LogP contribution in [0.5, 0.6) is 11.6 Å². The normalized spacial score (nSPS) is 11.3. The van der Waals surface area contributed by atoms with Crippen LogP contribution in [-0.2, 0) is 0 Å². The molecule has 29 heavy (non-hydrogen) atoms. The number of anilines is 2. The van der Waals surface area contributed by atoms with E-state index >= 15 is 0 Å². The second-order valence-electron chi connectivity index (χ2n) is 5.72. The second-order valence-corrected chi connectivity index (χ2v) is 6.62. The summed E-state index contributed by atoms with van der Waals surface area (Å²) in [4.78, 5) is 12.1. The topological polar surface area (TPSA) is 86.0 Å². The van der Waals surface area contributed by atoms with E-state index in [4.69, 9.17) is 10.5 Å². The minimum atomic E-state index is -4.25. The quantitative estimate of drug-likeness (QED) is 0.311. The van der Waals surface area contributed by atoms with E-state index in [9.17, 15) is 17.6 Å². The lowest BCUT2D eigenvalue weighted by atomic mass is 10.2. The Labute approximate surface area is 167 Å². The van der Waals surface area contributed by atoms with E-state index in [1.165, 1.54) is 24.5 Å². The van der Waals surface area contributed by atoms with Crippen molar-refractivity contribution in [1.29, 1.82) is 0 Å². The Balaban J connectivity index is 1.71. The van der Waals surface area contributed by atoms with E-state index in [0.717, 1.165) is 18.0 Å². The van der Waals surface area contributed by atoms with Crippen molar-refractivity contribution in [2.24, 2.45) is 0 Å². The van der Waals surface area contributed by atoms with Gasteiger partial charge in [-0.3, -0.25) is 0 Å². The zero-order chi connectivity index (χ0) is 20.9. The van der Waals surface area contributed by atoms with E-state index in [2.05, 4.69) is 19.7 Å². The van der Waals surface area contributed by atoms with Gasteiger partial charge in [-0.2, -0.15) is 13.2 Å². The van der Waals surface area contributed by atoms with Crippen LogP contribution in [0.1, 0.15) is 6.42 Å². The van der Waals surface area contributed by atoms with Gasteiger partial charge in [0.1, 0.15) is 5.75 Å². The van der Waals surface area contributed by atoms with Crippen LogP contribution in [0.25, 0.3) is 11.3 Å². The highest BCUT2D eigenvalue weighted by Gasteiger charge is 2.26. The molecule has 0 atom stereocenters. The van der Waals surface area contributed by atoms with Gasteiger partial charge in [0.15, 0.2) is 5.82 Å². The molecule has 6 nitrogen and oxygen atoms in total. The number of alkyl halides is 3. The Hall–Kier alpha value is -3.08. The highest BCUT2D eigenvalue weighted by Crippen LogP contribution is 2.32. The summed E-state index contributed by atoms with van der Waals surface area (Å²) in [7, 11) is 0. The minimum absolute atomic E-state index is 0.0503. The van der Waals surface area contributed by atoms with Crippen LogP contribution in [0.2, 0.25) is 0 Å². The van der Waals surface area contributed by atoms with Crippen LogP contribution in [0.15, 0.2) is 48.8 Å². The van der Waals surface area contributed by atoms with E-state index in [0.29, 0.717) is 11.3 Å². The fraction of sp³-hybridized carbons (Fsp3) is 0.167. The monoisotopic (exact) mass is 425 g/mol. The number of pyridine rings is 1. The molecule has 11 heteroatoms. The van der Waals surface area contributed by atoms with Gasteiger partial charge in [-0.25, -0.2) is 19.3 Å². The third-order valence-corrected chi connectivity index (χ3v) is 4.32. The van der Waals surface area contributed by atoms with Gasteiger partial charge in [-0.15, -0.1) is 0 Å². The lowest BCUT2D eigenvalue weighted by Crippen LogP contribution is -2.09. The summed E-state index contributed by atoms with van der Waals surface area (Å²) < 4.78 is 58.9. The predicted molar refractivity (Wildman–Crippen MR) is 103 cm³/mol. The molecule has 1 aromatic carbocycles. The van der Waals surface area contributed by atoms with Crippen molar-refractivity contribution in [3.63, 3.8) is 0 Å². The summed E-state index contributed by atoms with van der Waals surface area (Å²) >= 11 is 0.769. The lowest BCUT2D eigenvalue weighted by molar-refractivity contribution is -0.129. The zero-order valence-electron chi connectivity index (χ0n) is 14.8. The summed E-state index contributed by atoms with van der Waals surface area (Å²) in [6.07, 6.45) is -2.22. The van der Waals surface area contributed by atoms with Gasteiger partial charge in [0.2, 0.25) is 11.8 Å². The fourth-order valence-corrected chi connectivity index (χ4v) is 3.00. The number of hydrogen-bond acceptors (Lipinski definition) is 7.